The van der Waals surface area contributed by atoms with Crippen LogP contribution in [0.5, 0.6) is 0 Å². The molecule has 2 N–H and O–H groups in total. The summed E-state index contributed by atoms with van der Waals surface area (Å²) < 4.78 is 0. The summed E-state index contributed by atoms with van der Waals surface area (Å²) in [5.41, 5.74) is 3.65. The number of aromatic nitrogens is 1. The minimum absolute atomic E-state index is 0.294. The molecule has 3 rings (SSSR count). The van der Waals surface area contributed by atoms with E-state index in [1.807, 2.05) is 6.07 Å². The lowest BCUT2D eigenvalue weighted by Crippen LogP contribution is -2.26. The lowest BCUT2D eigenvalue weighted by Gasteiger charge is -2.22. The van der Waals surface area contributed by atoms with E-state index in [4.69, 9.17) is 0 Å². The molecule has 0 radical (unpaired) electrons. The summed E-state index contributed by atoms with van der Waals surface area (Å²) in [6.45, 7) is 2.15. The van der Waals surface area contributed by atoms with Gasteiger partial charge in [0.05, 0.1) is 0 Å². The van der Waals surface area contributed by atoms with E-state index in [-0.39, 0.29) is 5.78 Å². The van der Waals surface area contributed by atoms with Gasteiger partial charge in [0, 0.05) is 23.5 Å². The van der Waals surface area contributed by atoms with E-state index in [9.17, 15) is 9.59 Å². The van der Waals surface area contributed by atoms with Gasteiger partial charge in [0.2, 0.25) is 0 Å². The van der Waals surface area contributed by atoms with Gasteiger partial charge < -0.3 is 10.3 Å². The molecule has 1 aromatic heterocycles. The van der Waals surface area contributed by atoms with E-state index >= 15 is 0 Å². The topological polar surface area (TPSA) is 62.0 Å². The van der Waals surface area contributed by atoms with Gasteiger partial charge in [-0.15, -0.1) is 0 Å². The number of rotatable bonds is 5. The molecule has 0 saturated carbocycles. The molecule has 1 aromatic carbocycles. The number of fused-ring (bicyclic) bond motifs is 1. The summed E-state index contributed by atoms with van der Waals surface area (Å²) in [5.74, 6) is 0.273. The van der Waals surface area contributed by atoms with Crippen molar-refractivity contribution in [1.82, 2.24) is 10.3 Å². The molecule has 4 nitrogen and oxygen atoms in total. The van der Waals surface area contributed by atoms with Crippen LogP contribution in [0.25, 0.3) is 10.9 Å². The second-order valence-electron chi connectivity index (χ2n) is 5.73. The minimum Gasteiger partial charge on any atom is -0.361 e. The molecule has 0 aliphatic carbocycles. The molecule has 21 heavy (non-hydrogen) atoms. The van der Waals surface area contributed by atoms with Gasteiger partial charge in [0.1, 0.15) is 0 Å². The van der Waals surface area contributed by atoms with Gasteiger partial charge in [-0.3, -0.25) is 9.59 Å². The van der Waals surface area contributed by atoms with Crippen LogP contribution in [0.4, 0.5) is 0 Å². The molecule has 0 spiro atoms. The summed E-state index contributed by atoms with van der Waals surface area (Å²) in [5, 5.41) is 4.66. The molecule has 4 heteroatoms. The Balaban J connectivity index is 1.84. The Morgan fingerprint density at radius 2 is 2.10 bits per heavy atom. The third-order valence-electron chi connectivity index (χ3n) is 4.35. The maximum atomic E-state index is 11.1. The largest absolute Gasteiger partial charge is 0.361 e. The predicted octanol–water partition coefficient (Wildman–Crippen LogP) is 2.34. The molecule has 1 fully saturated rings. The fourth-order valence-electron chi connectivity index (χ4n) is 3.14. The number of carbonyl (C=O) groups excluding carboxylic acids is 2. The monoisotopic (exact) mass is 284 g/mol. The van der Waals surface area contributed by atoms with Crippen LogP contribution in [0.3, 0.4) is 0 Å². The normalized spacial score (nSPS) is 16.2. The highest BCUT2D eigenvalue weighted by molar-refractivity contribution is 6.24. The van der Waals surface area contributed by atoms with Gasteiger partial charge in [-0.2, -0.15) is 0 Å². The number of hydrogen-bond acceptors (Lipinski definition) is 3. The summed E-state index contributed by atoms with van der Waals surface area (Å²) >= 11 is 0. The van der Waals surface area contributed by atoms with E-state index in [0.717, 1.165) is 24.2 Å². The molecule has 1 aliphatic heterocycles. The van der Waals surface area contributed by atoms with Crippen LogP contribution in [0.1, 0.15) is 36.3 Å². The zero-order chi connectivity index (χ0) is 14.7. The highest BCUT2D eigenvalue weighted by atomic mass is 16.2. The van der Waals surface area contributed by atoms with Gasteiger partial charge in [-0.1, -0.05) is 6.07 Å². The van der Waals surface area contributed by atoms with Crippen LogP contribution >= 0.6 is 0 Å². The molecule has 0 unspecified atom stereocenters. The highest BCUT2D eigenvalue weighted by Gasteiger charge is 2.18. The maximum Gasteiger partial charge on any atom is 0.195 e. The smallest absolute Gasteiger partial charge is 0.195 e. The number of Topliss-reactive ketones (excluding diaryl/α,β-unsaturated/α-hetero) is 1. The number of aromatic amines is 1. The van der Waals surface area contributed by atoms with Gasteiger partial charge in [0.25, 0.3) is 0 Å². The first-order valence-corrected chi connectivity index (χ1v) is 7.56. The first-order chi connectivity index (χ1) is 10.3. The first-order valence-electron chi connectivity index (χ1n) is 7.56. The number of benzene rings is 1. The summed E-state index contributed by atoms with van der Waals surface area (Å²) in [6.07, 6.45) is 5.80. The van der Waals surface area contributed by atoms with E-state index < -0.39 is 0 Å². The van der Waals surface area contributed by atoms with Crippen molar-refractivity contribution >= 4 is 23.0 Å². The lowest BCUT2D eigenvalue weighted by molar-refractivity contribution is -0.129. The van der Waals surface area contributed by atoms with Gasteiger partial charge in [0.15, 0.2) is 12.1 Å². The second kappa shape index (κ2) is 6.22. The summed E-state index contributed by atoms with van der Waals surface area (Å²) in [7, 11) is 0. The molecule has 2 heterocycles. The minimum atomic E-state index is -0.331. The number of nitrogens with one attached hydrogen (secondary N) is 2. The van der Waals surface area contributed by atoms with E-state index in [1.54, 1.807) is 0 Å². The molecule has 2 aromatic rings. The van der Waals surface area contributed by atoms with Gasteiger partial charge >= 0.3 is 0 Å². The number of ketones is 1. The molecule has 1 saturated heterocycles. The Labute approximate surface area is 123 Å². The van der Waals surface area contributed by atoms with Crippen molar-refractivity contribution in [3.63, 3.8) is 0 Å². The standard InChI is InChI=1S/C17H20N2O2/c20-11-14(21)3-1-12-2-4-17-15(9-12)16(10-19-17)13-5-7-18-8-6-13/h2,4,9-11,13,18-19H,1,3,5-8H2. The molecular weight excluding hydrogens is 264 g/mol. The number of H-pyrrole nitrogens is 1. The molecule has 110 valence electrons. The van der Waals surface area contributed by atoms with E-state index in [2.05, 4.69) is 28.6 Å². The second-order valence-corrected chi connectivity index (χ2v) is 5.73. The Bertz CT molecular complexity index is 654. The predicted molar refractivity (Wildman–Crippen MR) is 82.5 cm³/mol. The fraction of sp³-hybridized carbons (Fsp3) is 0.412. The van der Waals surface area contributed by atoms with Crippen molar-refractivity contribution in [1.29, 1.82) is 0 Å². The summed E-state index contributed by atoms with van der Waals surface area (Å²) in [6, 6.07) is 6.27. The van der Waals surface area contributed by atoms with Crippen LogP contribution in [0.15, 0.2) is 24.4 Å². The molecule has 0 bridgehead atoms. The van der Waals surface area contributed by atoms with Crippen molar-refractivity contribution < 1.29 is 9.59 Å². The third kappa shape index (κ3) is 3.05. The average Bonchev–Trinajstić information content (AvgIpc) is 2.96. The van der Waals surface area contributed by atoms with Crippen LogP contribution in [-0.2, 0) is 16.0 Å². The van der Waals surface area contributed by atoms with Crippen LogP contribution in [0, 0.1) is 0 Å². The number of aldehydes is 1. The number of carbonyl (C=O) groups is 2. The Morgan fingerprint density at radius 3 is 2.86 bits per heavy atom. The van der Waals surface area contributed by atoms with Crippen LogP contribution in [0.2, 0.25) is 0 Å². The molecule has 0 amide bonds. The number of piperidine rings is 1. The molecule has 0 atom stereocenters. The van der Waals surface area contributed by atoms with E-state index in [1.165, 1.54) is 23.8 Å². The molecule has 1 aliphatic rings. The van der Waals surface area contributed by atoms with Gasteiger partial charge in [-0.05, 0) is 61.5 Å². The average molecular weight is 284 g/mol. The zero-order valence-corrected chi connectivity index (χ0v) is 12.0. The van der Waals surface area contributed by atoms with E-state index in [0.29, 0.717) is 25.0 Å². The molecular formula is C17H20N2O2. The fourth-order valence-corrected chi connectivity index (χ4v) is 3.14. The number of aryl methyl sites for hydroxylation is 1. The van der Waals surface area contributed by atoms with Crippen molar-refractivity contribution in [2.75, 3.05) is 13.1 Å². The Hall–Kier alpha value is -1.94. The van der Waals surface area contributed by atoms with Crippen LogP contribution < -0.4 is 5.32 Å². The van der Waals surface area contributed by atoms with Crippen molar-refractivity contribution in [3.05, 3.63) is 35.5 Å². The first kappa shape index (κ1) is 14.0. The quantitative estimate of drug-likeness (QED) is 0.654. The van der Waals surface area contributed by atoms with Crippen molar-refractivity contribution in [2.24, 2.45) is 0 Å². The maximum absolute atomic E-state index is 11.1. The highest BCUT2D eigenvalue weighted by Crippen LogP contribution is 2.32. The Morgan fingerprint density at radius 1 is 1.29 bits per heavy atom. The lowest BCUT2D eigenvalue weighted by atomic mass is 9.89. The van der Waals surface area contributed by atoms with Crippen LogP contribution in [-0.4, -0.2) is 30.1 Å². The van der Waals surface area contributed by atoms with Gasteiger partial charge in [-0.25, -0.2) is 0 Å². The summed E-state index contributed by atoms with van der Waals surface area (Å²) in [4.78, 5) is 24.9. The van der Waals surface area contributed by atoms with Crippen molar-refractivity contribution in [3.8, 4) is 0 Å². The number of hydrogen-bond donors (Lipinski definition) is 2. The zero-order valence-electron chi connectivity index (χ0n) is 12.0. The SMILES string of the molecule is O=CC(=O)CCc1ccc2[nH]cc(C3CCNCC3)c2c1. The third-order valence-corrected chi connectivity index (χ3v) is 4.35. The van der Waals surface area contributed by atoms with Crippen molar-refractivity contribution in [2.45, 2.75) is 31.6 Å². The Kier molecular flexibility index (Phi) is 4.15.